The van der Waals surface area contributed by atoms with Crippen LogP contribution in [-0.4, -0.2) is 58.6 Å². The molecular formula is C68H86N3O6S2+. The summed E-state index contributed by atoms with van der Waals surface area (Å²) in [6, 6.07) is 21.4. The Labute approximate surface area is 479 Å². The molecule has 0 radical (unpaired) electrons. The number of carboxylic acids is 1. The van der Waals surface area contributed by atoms with Crippen LogP contribution in [0.2, 0.25) is 0 Å². The largest absolute Gasteiger partial charge is 0.506 e. The fraction of sp³-hybridized carbons (Fsp3) is 0.500. The first-order chi connectivity index (χ1) is 38.1. The van der Waals surface area contributed by atoms with Gasteiger partial charge in [0.25, 0.3) is 0 Å². The van der Waals surface area contributed by atoms with Gasteiger partial charge < -0.3 is 24.6 Å². The third kappa shape index (κ3) is 12.2. The molecule has 2 aromatic heterocycles. The second-order valence-electron chi connectivity index (χ2n) is 23.3. The zero-order valence-electron chi connectivity index (χ0n) is 48.9. The van der Waals surface area contributed by atoms with E-state index in [9.17, 15) is 25.1 Å². The maximum Gasteiger partial charge on any atom is 0.346 e. The number of fused-ring (bicyclic) bond motifs is 4. The van der Waals surface area contributed by atoms with Gasteiger partial charge in [0.2, 0.25) is 11.5 Å². The van der Waals surface area contributed by atoms with Crippen molar-refractivity contribution in [2.75, 3.05) is 31.2 Å². The second kappa shape index (κ2) is 26.1. The summed E-state index contributed by atoms with van der Waals surface area (Å²) in [5, 5.41) is 33.5. The lowest BCUT2D eigenvalue weighted by Gasteiger charge is -2.29. The first-order valence-corrected chi connectivity index (χ1v) is 31.4. The van der Waals surface area contributed by atoms with E-state index in [4.69, 9.17) is 9.47 Å². The van der Waals surface area contributed by atoms with E-state index >= 15 is 0 Å². The summed E-state index contributed by atoms with van der Waals surface area (Å²) in [5.41, 5.74) is 7.35. The fourth-order valence-corrected chi connectivity index (χ4v) is 14.2. The van der Waals surface area contributed by atoms with Gasteiger partial charge in [-0.2, -0.15) is 9.84 Å². The highest BCUT2D eigenvalue weighted by atomic mass is 32.1. The van der Waals surface area contributed by atoms with E-state index in [0.29, 0.717) is 41.1 Å². The van der Waals surface area contributed by atoms with Crippen molar-refractivity contribution in [2.45, 2.75) is 183 Å². The van der Waals surface area contributed by atoms with Crippen LogP contribution in [0.3, 0.4) is 0 Å². The Kier molecular flexibility index (Phi) is 19.5. The number of aliphatic carboxylic acids is 1. The summed E-state index contributed by atoms with van der Waals surface area (Å²) in [7, 11) is 0. The molecule has 0 fully saturated rings. The summed E-state index contributed by atoms with van der Waals surface area (Å²) >= 11 is 3.13. The number of carbonyl (C=O) groups excluding carboxylic acids is 1. The zero-order chi connectivity index (χ0) is 56.6. The molecule has 5 aromatic rings. The van der Waals surface area contributed by atoms with Crippen molar-refractivity contribution in [3.05, 3.63) is 111 Å². The number of nitrogens with zero attached hydrogens (tertiary/aromatic N) is 3. The second-order valence-corrected chi connectivity index (χ2v) is 25.5. The molecule has 0 saturated heterocycles. The number of Topliss-reactive ketones (excluding diaryl/α,β-unsaturated/α-hetero) is 1. The van der Waals surface area contributed by atoms with Crippen molar-refractivity contribution in [1.29, 1.82) is 5.26 Å². The fourth-order valence-electron chi connectivity index (χ4n) is 12.0. The molecule has 3 aromatic carbocycles. The van der Waals surface area contributed by atoms with Gasteiger partial charge in [-0.3, -0.25) is 4.79 Å². The van der Waals surface area contributed by atoms with E-state index < -0.39 is 11.4 Å². The molecular weight excluding hydrogens is 1020 g/mol. The van der Waals surface area contributed by atoms with Crippen molar-refractivity contribution in [3.63, 3.8) is 0 Å². The number of benzene rings is 3. The molecule has 1 aliphatic carbocycles. The van der Waals surface area contributed by atoms with E-state index in [1.807, 2.05) is 24.3 Å². The number of rotatable bonds is 29. The number of allylic oxidation sites excluding steroid dienone is 5. The van der Waals surface area contributed by atoms with E-state index in [1.165, 1.54) is 35.1 Å². The van der Waals surface area contributed by atoms with Crippen molar-refractivity contribution in [2.24, 2.45) is 11.8 Å². The van der Waals surface area contributed by atoms with Gasteiger partial charge in [-0.05, 0) is 105 Å². The molecule has 0 bridgehead atoms. The minimum absolute atomic E-state index is 0.0593. The molecule has 2 unspecified atom stereocenters. The molecule has 2 N–H and O–H groups in total. The highest BCUT2D eigenvalue weighted by Gasteiger charge is 2.48. The van der Waals surface area contributed by atoms with Gasteiger partial charge in [0, 0.05) is 68.0 Å². The molecule has 0 saturated carbocycles. The van der Waals surface area contributed by atoms with Crippen LogP contribution < -0.4 is 14.4 Å². The first kappa shape index (κ1) is 59.2. The van der Waals surface area contributed by atoms with Crippen molar-refractivity contribution >= 4 is 77.8 Å². The molecule has 2 aliphatic heterocycles. The number of unbranched alkanes of at least 4 members (excludes halogenated alkanes) is 8. The van der Waals surface area contributed by atoms with Gasteiger partial charge >= 0.3 is 5.97 Å². The molecule has 2 atom stereocenters. The highest BCUT2D eigenvalue weighted by molar-refractivity contribution is 7.23. The van der Waals surface area contributed by atoms with E-state index in [0.717, 1.165) is 174 Å². The normalized spacial score (nSPS) is 17.5. The lowest BCUT2D eigenvalue weighted by atomic mass is 9.77. The van der Waals surface area contributed by atoms with Crippen LogP contribution in [0.5, 0.6) is 11.5 Å². The van der Waals surface area contributed by atoms with Crippen LogP contribution in [0.1, 0.15) is 188 Å². The van der Waals surface area contributed by atoms with Gasteiger partial charge in [-0.1, -0.05) is 144 Å². The predicted octanol–water partition coefficient (Wildman–Crippen LogP) is 18.5. The topological polar surface area (TPSA) is 123 Å². The number of ether oxygens (including phenoxy) is 2. The maximum absolute atomic E-state index is 14.5. The van der Waals surface area contributed by atoms with Crippen molar-refractivity contribution in [3.8, 4) is 28.0 Å². The van der Waals surface area contributed by atoms with Crippen LogP contribution in [0.15, 0.2) is 94.9 Å². The summed E-state index contributed by atoms with van der Waals surface area (Å²) in [4.78, 5) is 30.7. The molecule has 420 valence electrons. The van der Waals surface area contributed by atoms with E-state index in [1.54, 1.807) is 11.3 Å². The minimum atomic E-state index is -1.26. The number of thiophene rings is 2. The molecule has 0 amide bonds. The summed E-state index contributed by atoms with van der Waals surface area (Å²) in [6.07, 6.45) is 22.9. The number of carboxylic acid groups (broad SMARTS) is 1. The van der Waals surface area contributed by atoms with Crippen molar-refractivity contribution < 1.29 is 33.9 Å². The molecule has 11 heteroatoms. The lowest BCUT2D eigenvalue weighted by molar-refractivity contribution is -0.438. The minimum Gasteiger partial charge on any atom is -0.506 e. The standard InChI is InChI=1S/C68H85N3O6S2/c1-11-17-21-25-33-70-55-30-24-23-29-53(55)67(7,8)58(70)39-49-60(72)50(61(49)73)40-59-68(9,10)54-36-46(31-32-56(54)71(59)34-26-22-18-12-2)57-38-52-63(77-43-45(16-6)28-20-14-4)64-51(37-48(78-64)35-47(41-69)66(74)75)62(65(52)79-57)76-42-44(15-5)27-19-13-3/h23-24,29-32,35-40,44-45H,11-22,25-28,33-34,42-43H2,1-10H3,(H-,72,73,74,75)/p+1/b47-35+. The predicted molar refractivity (Wildman–Crippen MR) is 330 cm³/mol. The van der Waals surface area contributed by atoms with Crippen LogP contribution >= 0.6 is 22.7 Å². The van der Waals surface area contributed by atoms with Crippen LogP contribution in [0.4, 0.5) is 11.4 Å². The number of aliphatic hydroxyl groups is 1. The zero-order valence-corrected chi connectivity index (χ0v) is 50.5. The molecule has 0 spiro atoms. The van der Waals surface area contributed by atoms with Gasteiger partial charge in [0.15, 0.2) is 5.71 Å². The number of hydrogen-bond acceptors (Lipinski definition) is 9. The van der Waals surface area contributed by atoms with Gasteiger partial charge in [0.1, 0.15) is 35.4 Å². The number of aliphatic hydroxyl groups excluding tert-OH is 1. The van der Waals surface area contributed by atoms with Crippen LogP contribution in [-0.2, 0) is 20.4 Å². The average Bonchev–Trinajstić information content (AvgIpc) is 4.20. The third-order valence-electron chi connectivity index (χ3n) is 17.0. The summed E-state index contributed by atoms with van der Waals surface area (Å²) < 4.78 is 18.3. The number of carbonyl (C=O) groups is 2. The third-order valence-corrected chi connectivity index (χ3v) is 19.3. The quantitative estimate of drug-likeness (QED) is 0.0210. The average molecular weight is 1110 g/mol. The number of ketones is 1. The Hall–Kier alpha value is -5.96. The Morgan fingerprint density at radius 3 is 1.97 bits per heavy atom. The van der Waals surface area contributed by atoms with E-state index in [2.05, 4.69) is 127 Å². The van der Waals surface area contributed by atoms with Crippen LogP contribution in [0, 0.1) is 23.2 Å². The lowest BCUT2D eigenvalue weighted by Crippen LogP contribution is -2.32. The maximum atomic E-state index is 14.5. The van der Waals surface area contributed by atoms with Crippen LogP contribution in [0.25, 0.3) is 36.7 Å². The number of nitriles is 1. The molecule has 3 aliphatic rings. The monoisotopic (exact) mass is 1100 g/mol. The molecule has 8 rings (SSSR count). The number of hydrogen-bond donors (Lipinski definition) is 2. The Balaban J connectivity index is 1.22. The number of anilines is 1. The molecule has 79 heavy (non-hydrogen) atoms. The Bertz CT molecular complexity index is 3190. The Morgan fingerprint density at radius 2 is 1.37 bits per heavy atom. The Morgan fingerprint density at radius 1 is 0.747 bits per heavy atom. The van der Waals surface area contributed by atoms with Gasteiger partial charge in [0.05, 0.1) is 39.2 Å². The summed E-state index contributed by atoms with van der Waals surface area (Å²) in [6.45, 7) is 25.0. The van der Waals surface area contributed by atoms with Gasteiger partial charge in [-0.25, -0.2) is 4.79 Å². The van der Waals surface area contributed by atoms with Gasteiger partial charge in [-0.15, -0.1) is 22.7 Å². The van der Waals surface area contributed by atoms with Crippen molar-refractivity contribution in [1.82, 2.24) is 0 Å². The molecule has 9 nitrogen and oxygen atoms in total. The number of para-hydroxylation sites is 1. The smallest absolute Gasteiger partial charge is 0.346 e. The molecule has 4 heterocycles. The first-order valence-electron chi connectivity index (χ1n) is 29.8. The summed E-state index contributed by atoms with van der Waals surface area (Å²) in [5.74, 6) is 0.940. The van der Waals surface area contributed by atoms with E-state index in [-0.39, 0.29) is 22.5 Å². The highest BCUT2D eigenvalue weighted by Crippen LogP contribution is 2.54. The SMILES string of the molecule is CCCCCCN1C(=CC2=C(O)C(=CC3=[N+](CCCCCC)c4ccc(-c5cc6c(OCC(CC)CCCC)c7sc(/C=C(\C#N)C(=O)O)cc7c(OCC(CC)CCCC)c6s5)cc4C3(C)C)C2=O)C(C)(C)c2ccccc21.